The molecule has 1 amide bonds. The topological polar surface area (TPSA) is 58.7 Å². The number of nitrogens with two attached hydrogens (primary N) is 1. The van der Waals surface area contributed by atoms with Gasteiger partial charge in [-0.1, -0.05) is 35.8 Å². The second kappa shape index (κ2) is 5.21. The molecule has 8 heteroatoms. The number of carbonyl (C=O) groups excluding carboxylic acids is 1. The van der Waals surface area contributed by atoms with E-state index in [4.69, 9.17) is 5.73 Å². The van der Waals surface area contributed by atoms with Crippen LogP contribution in [0.15, 0.2) is 27.7 Å². The highest BCUT2D eigenvalue weighted by molar-refractivity contribution is 9.10. The number of aliphatic imine (C=N–C) groups is 1. The fourth-order valence-corrected chi connectivity index (χ4v) is 4.07. The Morgan fingerprint density at radius 1 is 1.38 bits per heavy atom. The molecule has 2 aliphatic rings. The second-order valence-corrected chi connectivity index (χ2v) is 8.07. The fraction of sp³-hybridized carbons (Fsp3) is 0.500. The number of guanidine groups is 1. The van der Waals surface area contributed by atoms with Crippen molar-refractivity contribution in [2.75, 3.05) is 6.54 Å². The summed E-state index contributed by atoms with van der Waals surface area (Å²) in [5, 5.41) is 0. The van der Waals surface area contributed by atoms with E-state index in [2.05, 4.69) is 20.9 Å². The molecule has 1 aromatic carbocycles. The van der Waals surface area contributed by atoms with E-state index >= 15 is 0 Å². The van der Waals surface area contributed by atoms with E-state index in [1.165, 1.54) is 0 Å². The number of alkyl halides is 3. The molecular weight excluding hydrogens is 387 g/mol. The van der Waals surface area contributed by atoms with Crippen LogP contribution < -0.4 is 5.73 Å². The van der Waals surface area contributed by atoms with Gasteiger partial charge in [-0.15, -0.1) is 0 Å². The van der Waals surface area contributed by atoms with E-state index in [1.807, 2.05) is 26.0 Å². The Morgan fingerprint density at radius 3 is 2.67 bits per heavy atom. The average Bonchev–Trinajstić information content (AvgIpc) is 2.63. The maximum atomic E-state index is 12.9. The standard InChI is InChI=1S/C16H17BrF3N3O/c1-14(2)6-9-3-4-10(17)5-11(9)15(7-14)12(24)23(13(21)22-15)8-16(18,19)20/h3-5H,6-8H2,1-2H3,(H2,21,22). The van der Waals surface area contributed by atoms with E-state index in [9.17, 15) is 18.0 Å². The van der Waals surface area contributed by atoms with Crippen LogP contribution in [0.4, 0.5) is 13.2 Å². The molecule has 0 saturated carbocycles. The first-order valence-electron chi connectivity index (χ1n) is 7.47. The van der Waals surface area contributed by atoms with Gasteiger partial charge in [0.05, 0.1) is 0 Å². The SMILES string of the molecule is CC1(C)Cc2ccc(Br)cc2C2(C1)N=C(N)N(CC(F)(F)F)C2=O. The van der Waals surface area contributed by atoms with Gasteiger partial charge < -0.3 is 5.73 Å². The number of hydrogen-bond acceptors (Lipinski definition) is 3. The number of amides is 1. The first kappa shape index (κ1) is 17.3. The predicted molar refractivity (Wildman–Crippen MR) is 87.3 cm³/mol. The lowest BCUT2D eigenvalue weighted by molar-refractivity contribution is -0.155. The van der Waals surface area contributed by atoms with Crippen LogP contribution in [-0.2, 0) is 16.8 Å². The number of carbonyl (C=O) groups is 1. The third-order valence-corrected chi connectivity index (χ3v) is 4.93. The fourth-order valence-electron chi connectivity index (χ4n) is 3.71. The second-order valence-electron chi connectivity index (χ2n) is 7.16. The van der Waals surface area contributed by atoms with Gasteiger partial charge in [0.1, 0.15) is 6.54 Å². The highest BCUT2D eigenvalue weighted by atomic mass is 79.9. The molecule has 1 aromatic rings. The lowest BCUT2D eigenvalue weighted by Gasteiger charge is -2.41. The molecule has 4 nitrogen and oxygen atoms in total. The van der Waals surface area contributed by atoms with Crippen LogP contribution in [0.1, 0.15) is 31.4 Å². The zero-order valence-corrected chi connectivity index (χ0v) is 14.8. The first-order valence-corrected chi connectivity index (χ1v) is 8.26. The lowest BCUT2D eigenvalue weighted by atomic mass is 9.65. The van der Waals surface area contributed by atoms with Crippen LogP contribution in [0, 0.1) is 5.41 Å². The number of fused-ring (bicyclic) bond motifs is 2. The maximum Gasteiger partial charge on any atom is 0.406 e. The third-order valence-electron chi connectivity index (χ3n) is 4.44. The molecule has 1 atom stereocenters. The van der Waals surface area contributed by atoms with Crippen LogP contribution in [0.3, 0.4) is 0 Å². The molecule has 0 bridgehead atoms. The van der Waals surface area contributed by atoms with E-state index in [0.717, 1.165) is 16.5 Å². The van der Waals surface area contributed by atoms with E-state index in [0.29, 0.717) is 16.9 Å². The van der Waals surface area contributed by atoms with Crippen molar-refractivity contribution in [1.29, 1.82) is 0 Å². The quantitative estimate of drug-likeness (QED) is 0.781. The maximum absolute atomic E-state index is 12.9. The van der Waals surface area contributed by atoms with Gasteiger partial charge in [-0.25, -0.2) is 4.99 Å². The molecule has 0 fully saturated rings. The monoisotopic (exact) mass is 403 g/mol. The molecule has 1 aliphatic carbocycles. The van der Waals surface area contributed by atoms with Crippen molar-refractivity contribution < 1.29 is 18.0 Å². The van der Waals surface area contributed by atoms with Gasteiger partial charge in [-0.2, -0.15) is 13.2 Å². The summed E-state index contributed by atoms with van der Waals surface area (Å²) in [4.78, 5) is 17.8. The van der Waals surface area contributed by atoms with Crippen molar-refractivity contribution in [3.8, 4) is 0 Å². The van der Waals surface area contributed by atoms with Crippen molar-refractivity contribution in [2.45, 2.75) is 38.4 Å². The zero-order valence-electron chi connectivity index (χ0n) is 13.2. The van der Waals surface area contributed by atoms with Crippen molar-refractivity contribution in [2.24, 2.45) is 16.1 Å². The number of hydrogen-bond donors (Lipinski definition) is 1. The summed E-state index contributed by atoms with van der Waals surface area (Å²) in [6, 6.07) is 5.50. The number of rotatable bonds is 1. The van der Waals surface area contributed by atoms with Crippen molar-refractivity contribution in [1.82, 2.24) is 4.90 Å². The van der Waals surface area contributed by atoms with Gasteiger partial charge in [-0.3, -0.25) is 9.69 Å². The number of halogens is 4. The minimum absolute atomic E-state index is 0.283. The van der Waals surface area contributed by atoms with Gasteiger partial charge in [0.25, 0.3) is 5.91 Å². The van der Waals surface area contributed by atoms with Gasteiger partial charge in [0.15, 0.2) is 11.5 Å². The summed E-state index contributed by atoms with van der Waals surface area (Å²) in [6.07, 6.45) is -3.50. The van der Waals surface area contributed by atoms with Gasteiger partial charge in [0, 0.05) is 4.47 Å². The highest BCUT2D eigenvalue weighted by Gasteiger charge is 2.56. The summed E-state index contributed by atoms with van der Waals surface area (Å²) in [5.74, 6) is -1.08. The number of benzene rings is 1. The van der Waals surface area contributed by atoms with Crippen LogP contribution in [0.25, 0.3) is 0 Å². The zero-order chi connectivity index (χ0) is 17.9. The Hall–Kier alpha value is -1.57. The normalized spacial score (nSPS) is 25.8. The molecule has 3 rings (SSSR count). The smallest absolute Gasteiger partial charge is 0.369 e. The molecule has 0 radical (unpaired) electrons. The summed E-state index contributed by atoms with van der Waals surface area (Å²) in [7, 11) is 0. The van der Waals surface area contributed by atoms with Gasteiger partial charge in [0.2, 0.25) is 0 Å². The van der Waals surface area contributed by atoms with E-state index < -0.39 is 24.2 Å². The van der Waals surface area contributed by atoms with Crippen LogP contribution in [0.2, 0.25) is 0 Å². The summed E-state index contributed by atoms with van der Waals surface area (Å²) >= 11 is 3.36. The van der Waals surface area contributed by atoms with Gasteiger partial charge >= 0.3 is 6.18 Å². The Morgan fingerprint density at radius 2 is 2.04 bits per heavy atom. The van der Waals surface area contributed by atoms with Gasteiger partial charge in [-0.05, 0) is 41.5 Å². The van der Waals surface area contributed by atoms with Crippen LogP contribution in [0.5, 0.6) is 0 Å². The van der Waals surface area contributed by atoms with Crippen LogP contribution in [-0.4, -0.2) is 29.5 Å². The molecule has 130 valence electrons. The largest absolute Gasteiger partial charge is 0.406 e. The molecule has 1 spiro atoms. The molecule has 1 aliphatic heterocycles. The number of nitrogens with zero attached hydrogens (tertiary/aromatic N) is 2. The third kappa shape index (κ3) is 2.81. The molecule has 1 heterocycles. The minimum atomic E-state index is -4.54. The van der Waals surface area contributed by atoms with E-state index in [1.54, 1.807) is 6.07 Å². The summed E-state index contributed by atoms with van der Waals surface area (Å²) in [6.45, 7) is 2.53. The Labute approximate surface area is 146 Å². The van der Waals surface area contributed by atoms with Crippen molar-refractivity contribution >= 4 is 27.8 Å². The van der Waals surface area contributed by atoms with Crippen molar-refractivity contribution in [3.63, 3.8) is 0 Å². The molecule has 24 heavy (non-hydrogen) atoms. The Bertz CT molecular complexity index is 745. The van der Waals surface area contributed by atoms with Crippen molar-refractivity contribution in [3.05, 3.63) is 33.8 Å². The summed E-state index contributed by atoms with van der Waals surface area (Å²) < 4.78 is 39.2. The average molecular weight is 404 g/mol. The Kier molecular flexibility index (Phi) is 3.75. The Balaban J connectivity index is 2.14. The predicted octanol–water partition coefficient (Wildman–Crippen LogP) is 3.34. The summed E-state index contributed by atoms with van der Waals surface area (Å²) in [5.41, 5.74) is 5.59. The molecule has 1 unspecified atom stereocenters. The molecule has 0 aromatic heterocycles. The molecule has 2 N–H and O–H groups in total. The minimum Gasteiger partial charge on any atom is -0.369 e. The van der Waals surface area contributed by atoms with E-state index in [-0.39, 0.29) is 11.4 Å². The molecule has 0 saturated heterocycles. The highest BCUT2D eigenvalue weighted by Crippen LogP contribution is 2.50. The molecular formula is C16H17BrF3N3O. The van der Waals surface area contributed by atoms with Crippen LogP contribution >= 0.6 is 15.9 Å². The first-order chi connectivity index (χ1) is 10.9. The lowest BCUT2D eigenvalue weighted by Crippen LogP contribution is -2.49.